The molecule has 0 fully saturated rings. The van der Waals surface area contributed by atoms with E-state index in [1.807, 2.05) is 0 Å². The predicted molar refractivity (Wildman–Crippen MR) is 160 cm³/mol. The van der Waals surface area contributed by atoms with Crippen molar-refractivity contribution >= 4 is 21.5 Å². The Morgan fingerprint density at radius 2 is 1.14 bits per heavy atom. The molecule has 0 heteroatoms. The molecule has 0 saturated carbocycles. The lowest BCUT2D eigenvalue weighted by Gasteiger charge is -2.24. The van der Waals surface area contributed by atoms with Gasteiger partial charge in [-0.05, 0) is 86.5 Å². The van der Waals surface area contributed by atoms with E-state index in [2.05, 4.69) is 144 Å². The van der Waals surface area contributed by atoms with Crippen LogP contribution in [-0.2, 0) is 5.41 Å². The summed E-state index contributed by atoms with van der Waals surface area (Å²) in [6.45, 7) is 11.4. The summed E-state index contributed by atoms with van der Waals surface area (Å²) in [5, 5.41) is 5.46. The highest BCUT2D eigenvalue weighted by Crippen LogP contribution is 2.33. The van der Waals surface area contributed by atoms with Gasteiger partial charge in [-0.1, -0.05) is 132 Å². The Morgan fingerprint density at radius 3 is 1.81 bits per heavy atom. The zero-order valence-electron chi connectivity index (χ0n) is 22.6. The minimum atomic E-state index is 0.255. The molecule has 0 heterocycles. The van der Waals surface area contributed by atoms with Crippen LogP contribution in [0.1, 0.15) is 70.9 Å². The molecule has 0 radical (unpaired) electrons. The quantitative estimate of drug-likeness (QED) is 0.216. The van der Waals surface area contributed by atoms with Gasteiger partial charge in [-0.2, -0.15) is 0 Å². The largest absolute Gasteiger partial charge is 0.0648 e. The van der Waals surface area contributed by atoms with E-state index in [4.69, 9.17) is 0 Å². The van der Waals surface area contributed by atoms with Crippen LogP contribution in [0.3, 0.4) is 0 Å². The van der Waals surface area contributed by atoms with Crippen LogP contribution in [0.5, 0.6) is 0 Å². The van der Waals surface area contributed by atoms with Crippen molar-refractivity contribution in [2.45, 2.75) is 65.2 Å². The molecular weight excluding hydrogens is 432 g/mol. The fourth-order valence-electron chi connectivity index (χ4n) is 5.03. The zero-order valence-corrected chi connectivity index (χ0v) is 22.6. The van der Waals surface area contributed by atoms with E-state index in [1.54, 1.807) is 0 Å². The van der Waals surface area contributed by atoms with Gasteiger partial charge in [0.25, 0.3) is 0 Å². The number of benzene rings is 5. The third-order valence-corrected chi connectivity index (χ3v) is 7.84. The smallest absolute Gasteiger partial charge is 0.0106 e. The number of fused-ring (bicyclic) bond motifs is 2. The molecule has 0 bridgehead atoms. The van der Waals surface area contributed by atoms with Crippen molar-refractivity contribution in [1.29, 1.82) is 0 Å². The Morgan fingerprint density at radius 1 is 0.556 bits per heavy atom. The van der Waals surface area contributed by atoms with Gasteiger partial charge < -0.3 is 0 Å². The topological polar surface area (TPSA) is 0 Å². The molecule has 0 unspecified atom stereocenters. The lowest BCUT2D eigenvalue weighted by atomic mass is 9.81. The van der Waals surface area contributed by atoms with Crippen molar-refractivity contribution in [2.75, 3.05) is 0 Å². The summed E-state index contributed by atoms with van der Waals surface area (Å²) >= 11 is 0. The molecule has 5 rings (SSSR count). The maximum atomic E-state index is 2.36. The first-order valence-electron chi connectivity index (χ1n) is 13.5. The Hall–Kier alpha value is -3.38. The monoisotopic (exact) mass is 472 g/mol. The van der Waals surface area contributed by atoms with Crippen molar-refractivity contribution in [1.82, 2.24) is 0 Å². The third kappa shape index (κ3) is 5.71. The SMILES string of the molecule is CCC(C)(C)c1cccc(-c2ccccc2)c1.CCC(CC)c1cccc2cc3ccccc3cc12. The highest BCUT2D eigenvalue weighted by atomic mass is 14.2. The van der Waals surface area contributed by atoms with Crippen LogP contribution in [0.25, 0.3) is 32.7 Å². The summed E-state index contributed by atoms with van der Waals surface area (Å²) in [5.41, 5.74) is 5.78. The average molecular weight is 473 g/mol. The maximum Gasteiger partial charge on any atom is -0.0106 e. The summed E-state index contributed by atoms with van der Waals surface area (Å²) in [7, 11) is 0. The highest BCUT2D eigenvalue weighted by molar-refractivity contribution is 5.99. The first-order valence-corrected chi connectivity index (χ1v) is 13.5. The van der Waals surface area contributed by atoms with Crippen molar-refractivity contribution in [3.8, 4) is 11.1 Å². The van der Waals surface area contributed by atoms with E-state index >= 15 is 0 Å². The molecular formula is C36H40. The van der Waals surface area contributed by atoms with Gasteiger partial charge >= 0.3 is 0 Å². The molecule has 0 aliphatic heterocycles. The van der Waals surface area contributed by atoms with Gasteiger partial charge in [-0.25, -0.2) is 0 Å². The Balaban J connectivity index is 0.000000170. The second kappa shape index (κ2) is 11.6. The summed E-state index contributed by atoms with van der Waals surface area (Å²) < 4.78 is 0. The van der Waals surface area contributed by atoms with Crippen LogP contribution in [0.4, 0.5) is 0 Å². The minimum Gasteiger partial charge on any atom is -0.0648 e. The van der Waals surface area contributed by atoms with Crippen molar-refractivity contribution < 1.29 is 0 Å². The van der Waals surface area contributed by atoms with E-state index in [1.165, 1.54) is 56.6 Å². The normalized spacial score (nSPS) is 11.5. The minimum absolute atomic E-state index is 0.255. The molecule has 0 spiro atoms. The van der Waals surface area contributed by atoms with Gasteiger partial charge in [0.2, 0.25) is 0 Å². The first kappa shape index (κ1) is 25.7. The van der Waals surface area contributed by atoms with Gasteiger partial charge in [-0.15, -0.1) is 0 Å². The molecule has 0 aromatic heterocycles. The highest BCUT2D eigenvalue weighted by Gasteiger charge is 2.18. The summed E-state index contributed by atoms with van der Waals surface area (Å²) in [6.07, 6.45) is 3.58. The van der Waals surface area contributed by atoms with E-state index < -0.39 is 0 Å². The zero-order chi connectivity index (χ0) is 25.5. The average Bonchev–Trinajstić information content (AvgIpc) is 2.93. The molecule has 0 N–H and O–H groups in total. The first-order chi connectivity index (χ1) is 17.5. The van der Waals surface area contributed by atoms with Crippen LogP contribution in [-0.4, -0.2) is 0 Å². The van der Waals surface area contributed by atoms with Crippen LogP contribution in [0, 0.1) is 0 Å². The van der Waals surface area contributed by atoms with E-state index in [-0.39, 0.29) is 5.41 Å². The van der Waals surface area contributed by atoms with Crippen molar-refractivity contribution in [3.63, 3.8) is 0 Å². The molecule has 184 valence electrons. The molecule has 0 nitrogen and oxygen atoms in total. The fourth-order valence-corrected chi connectivity index (χ4v) is 5.03. The van der Waals surface area contributed by atoms with E-state index in [0.717, 1.165) is 6.42 Å². The van der Waals surface area contributed by atoms with Crippen LogP contribution in [0.2, 0.25) is 0 Å². The van der Waals surface area contributed by atoms with Crippen molar-refractivity contribution in [2.24, 2.45) is 0 Å². The number of hydrogen-bond donors (Lipinski definition) is 0. The van der Waals surface area contributed by atoms with E-state index in [9.17, 15) is 0 Å². The van der Waals surface area contributed by atoms with Crippen LogP contribution >= 0.6 is 0 Å². The van der Waals surface area contributed by atoms with Crippen LogP contribution in [0.15, 0.2) is 109 Å². The molecule has 0 atom stereocenters. The van der Waals surface area contributed by atoms with Gasteiger partial charge in [0.15, 0.2) is 0 Å². The van der Waals surface area contributed by atoms with Gasteiger partial charge in [0, 0.05) is 0 Å². The Kier molecular flexibility index (Phi) is 8.26. The second-order valence-electron chi connectivity index (χ2n) is 10.5. The molecule has 0 saturated heterocycles. The second-order valence-corrected chi connectivity index (χ2v) is 10.5. The maximum absolute atomic E-state index is 2.36. The lowest BCUT2D eigenvalue weighted by molar-refractivity contribution is 0.506. The number of hydrogen-bond acceptors (Lipinski definition) is 0. The standard InChI is InChI=1S/C19H20.C17H20/c1-3-14(4-2)18-11-7-10-17-12-15-8-5-6-9-16(15)13-19(17)18;1-4-17(2,3)16-12-8-11-15(13-16)14-9-6-5-7-10-14/h5-14H,3-4H2,1-2H3;5-13H,4H2,1-3H3. The van der Waals surface area contributed by atoms with Gasteiger partial charge in [0.1, 0.15) is 0 Å². The summed E-state index contributed by atoms with van der Waals surface area (Å²) in [5.74, 6) is 0.671. The van der Waals surface area contributed by atoms with E-state index in [0.29, 0.717) is 5.92 Å². The van der Waals surface area contributed by atoms with Gasteiger partial charge in [0.05, 0.1) is 0 Å². The molecule has 0 amide bonds. The third-order valence-electron chi connectivity index (χ3n) is 7.84. The molecule has 5 aromatic rings. The molecule has 0 aliphatic rings. The van der Waals surface area contributed by atoms with Gasteiger partial charge in [-0.3, -0.25) is 0 Å². The molecule has 36 heavy (non-hydrogen) atoms. The predicted octanol–water partition coefficient (Wildman–Crippen LogP) is 10.9. The Bertz CT molecular complexity index is 1400. The molecule has 5 aromatic carbocycles. The molecule has 0 aliphatic carbocycles. The summed E-state index contributed by atoms with van der Waals surface area (Å²) in [4.78, 5) is 0. The lowest BCUT2D eigenvalue weighted by Crippen LogP contribution is -2.15. The van der Waals surface area contributed by atoms with Crippen LogP contribution < -0.4 is 0 Å². The summed E-state index contributed by atoms with van der Waals surface area (Å²) in [6, 6.07) is 39.5. The number of rotatable bonds is 6. The fraction of sp³-hybridized carbons (Fsp3) is 0.278. The van der Waals surface area contributed by atoms with Crippen molar-refractivity contribution in [3.05, 3.63) is 120 Å². The Labute approximate surface area is 218 Å².